The number of ether oxygens (including phenoxy) is 4. The molecular formula is C65H126O17P2. The van der Waals surface area contributed by atoms with Crippen LogP contribution in [0.4, 0.5) is 0 Å². The molecule has 498 valence electrons. The van der Waals surface area contributed by atoms with Gasteiger partial charge in [0.05, 0.1) is 26.4 Å². The summed E-state index contributed by atoms with van der Waals surface area (Å²) in [5, 5.41) is 10.5. The molecule has 17 nitrogen and oxygen atoms in total. The second-order valence-electron chi connectivity index (χ2n) is 24.5. The number of esters is 4. The van der Waals surface area contributed by atoms with Crippen LogP contribution >= 0.6 is 15.6 Å². The first-order chi connectivity index (χ1) is 40.4. The SMILES string of the molecule is CCCCCCCCCCCCCCCCC(=O)O[C@H](COC(=O)CCCCCCCCCCCC(C)C)COP(=O)(O)OC[C@@H](O)COP(=O)(O)OC[C@@H](COC(=O)CCCCCCCCC)OC(=O)CCCCCCCCCCC(C)C. The summed E-state index contributed by atoms with van der Waals surface area (Å²) in [6.07, 6.45) is 40.4. The Morgan fingerprint density at radius 3 is 0.810 bits per heavy atom. The van der Waals surface area contributed by atoms with Crippen LogP contribution in [-0.2, 0) is 65.4 Å². The molecule has 84 heavy (non-hydrogen) atoms. The molecule has 19 heteroatoms. The standard InChI is InChI=1S/C65H126O17P2/c1-7-9-11-13-15-16-17-18-19-20-23-31-37-43-49-64(69)81-61(54-76-63(68)48-42-36-30-24-21-22-28-33-39-45-57(3)4)56-80-84(73,74)78-52-59(66)51-77-83(71,72)79-55-60(53-75-62(67)47-41-35-27-14-12-10-8-2)82-65(70)50-44-38-32-26-25-29-34-40-46-58(5)6/h57-61,66H,7-56H2,1-6H3,(H,71,72)(H,73,74)/t59-,60+,61+/m0/s1. The number of hydrogen-bond acceptors (Lipinski definition) is 15. The number of carbonyl (C=O) groups is 4. The molecular weight excluding hydrogens is 1110 g/mol. The molecule has 2 unspecified atom stereocenters. The molecule has 0 amide bonds. The second-order valence-corrected chi connectivity index (χ2v) is 27.4. The molecule has 5 atom stereocenters. The van der Waals surface area contributed by atoms with E-state index in [4.69, 9.17) is 37.0 Å². The Hall–Kier alpha value is -1.94. The summed E-state index contributed by atoms with van der Waals surface area (Å²) in [4.78, 5) is 72.2. The minimum atomic E-state index is -4.95. The highest BCUT2D eigenvalue weighted by atomic mass is 31.2. The largest absolute Gasteiger partial charge is 0.472 e. The Kier molecular flexibility index (Phi) is 56.2. The normalized spacial score (nSPS) is 14.3. The molecule has 0 aliphatic heterocycles. The van der Waals surface area contributed by atoms with Crippen LogP contribution in [0.25, 0.3) is 0 Å². The average molecular weight is 1240 g/mol. The molecule has 0 saturated carbocycles. The van der Waals surface area contributed by atoms with Gasteiger partial charge in [0.25, 0.3) is 0 Å². The van der Waals surface area contributed by atoms with Crippen LogP contribution in [0.15, 0.2) is 0 Å². The zero-order valence-electron chi connectivity index (χ0n) is 54.2. The van der Waals surface area contributed by atoms with Gasteiger partial charge in [-0.1, -0.05) is 273 Å². The first kappa shape index (κ1) is 82.1. The smallest absolute Gasteiger partial charge is 0.462 e. The van der Waals surface area contributed by atoms with Crippen molar-refractivity contribution in [3.05, 3.63) is 0 Å². The van der Waals surface area contributed by atoms with Gasteiger partial charge in [-0.2, -0.15) is 0 Å². The van der Waals surface area contributed by atoms with Crippen LogP contribution in [0, 0.1) is 11.8 Å². The van der Waals surface area contributed by atoms with Crippen molar-refractivity contribution in [3.8, 4) is 0 Å². The first-order valence-electron chi connectivity index (χ1n) is 34.0. The van der Waals surface area contributed by atoms with Crippen molar-refractivity contribution in [2.45, 2.75) is 342 Å². The van der Waals surface area contributed by atoms with E-state index in [9.17, 15) is 43.2 Å². The summed E-state index contributed by atoms with van der Waals surface area (Å²) in [5.41, 5.74) is 0. The van der Waals surface area contributed by atoms with Crippen LogP contribution in [-0.4, -0.2) is 96.7 Å². The molecule has 0 fully saturated rings. The van der Waals surface area contributed by atoms with Crippen LogP contribution in [0.2, 0.25) is 0 Å². The Balaban J connectivity index is 5.22. The van der Waals surface area contributed by atoms with Gasteiger partial charge in [-0.05, 0) is 37.5 Å². The van der Waals surface area contributed by atoms with Crippen molar-refractivity contribution in [1.29, 1.82) is 0 Å². The quantitative estimate of drug-likeness (QED) is 0.0222. The van der Waals surface area contributed by atoms with E-state index < -0.39 is 97.5 Å². The molecule has 0 aromatic rings. The molecule has 0 aromatic heterocycles. The lowest BCUT2D eigenvalue weighted by atomic mass is 10.0. The summed E-state index contributed by atoms with van der Waals surface area (Å²) in [7, 11) is -9.89. The zero-order valence-corrected chi connectivity index (χ0v) is 56.0. The third kappa shape index (κ3) is 59.0. The van der Waals surface area contributed by atoms with Crippen LogP contribution in [0.1, 0.15) is 324 Å². The number of aliphatic hydroxyl groups excluding tert-OH is 1. The lowest BCUT2D eigenvalue weighted by molar-refractivity contribution is -0.161. The first-order valence-corrected chi connectivity index (χ1v) is 37.0. The van der Waals surface area contributed by atoms with Gasteiger partial charge in [0.1, 0.15) is 19.3 Å². The van der Waals surface area contributed by atoms with Gasteiger partial charge in [-0.15, -0.1) is 0 Å². The molecule has 0 aromatic carbocycles. The Morgan fingerprint density at radius 1 is 0.321 bits per heavy atom. The number of carbonyl (C=O) groups excluding carboxylic acids is 4. The minimum Gasteiger partial charge on any atom is -0.462 e. The summed E-state index contributed by atoms with van der Waals surface area (Å²) < 4.78 is 68.0. The van der Waals surface area contributed by atoms with Crippen molar-refractivity contribution >= 4 is 39.5 Å². The van der Waals surface area contributed by atoms with Crippen molar-refractivity contribution in [3.63, 3.8) is 0 Å². The maximum absolute atomic E-state index is 13.0. The lowest BCUT2D eigenvalue weighted by Crippen LogP contribution is -2.30. The molecule has 0 heterocycles. The molecule has 0 radical (unpaired) electrons. The predicted molar refractivity (Wildman–Crippen MR) is 335 cm³/mol. The fourth-order valence-corrected chi connectivity index (χ4v) is 11.3. The fraction of sp³-hybridized carbons (Fsp3) is 0.938. The second kappa shape index (κ2) is 57.5. The molecule has 0 bridgehead atoms. The van der Waals surface area contributed by atoms with Crippen molar-refractivity contribution in [2.24, 2.45) is 11.8 Å². The number of phosphoric acid groups is 2. The van der Waals surface area contributed by atoms with Gasteiger partial charge < -0.3 is 33.8 Å². The van der Waals surface area contributed by atoms with E-state index in [2.05, 4.69) is 41.5 Å². The highest BCUT2D eigenvalue weighted by molar-refractivity contribution is 7.47. The number of rotatable bonds is 64. The predicted octanol–water partition coefficient (Wildman–Crippen LogP) is 18.0. The summed E-state index contributed by atoms with van der Waals surface area (Å²) in [5.74, 6) is -0.674. The van der Waals surface area contributed by atoms with E-state index >= 15 is 0 Å². The number of unbranched alkanes of at least 4 members (excludes halogenated alkanes) is 34. The molecule has 3 N–H and O–H groups in total. The summed E-state index contributed by atoms with van der Waals surface area (Å²) >= 11 is 0. The van der Waals surface area contributed by atoms with Gasteiger partial charge >= 0.3 is 39.5 Å². The van der Waals surface area contributed by atoms with Crippen LogP contribution in [0.3, 0.4) is 0 Å². The minimum absolute atomic E-state index is 0.104. The highest BCUT2D eigenvalue weighted by Gasteiger charge is 2.30. The number of phosphoric ester groups is 2. The van der Waals surface area contributed by atoms with Gasteiger partial charge in [0.2, 0.25) is 0 Å². The molecule has 0 aliphatic carbocycles. The Bertz CT molecular complexity index is 1650. The van der Waals surface area contributed by atoms with E-state index in [1.807, 2.05) is 0 Å². The van der Waals surface area contributed by atoms with Gasteiger partial charge in [-0.25, -0.2) is 9.13 Å². The lowest BCUT2D eigenvalue weighted by Gasteiger charge is -2.21. The van der Waals surface area contributed by atoms with Gasteiger partial charge in [0.15, 0.2) is 12.2 Å². The maximum atomic E-state index is 13.0. The zero-order chi connectivity index (χ0) is 62.2. The van der Waals surface area contributed by atoms with Crippen molar-refractivity contribution < 1.29 is 80.2 Å². The van der Waals surface area contributed by atoms with Crippen LogP contribution in [0.5, 0.6) is 0 Å². The summed E-state index contributed by atoms with van der Waals surface area (Å²) in [6.45, 7) is 9.41. The monoisotopic (exact) mass is 1240 g/mol. The highest BCUT2D eigenvalue weighted by Crippen LogP contribution is 2.45. The van der Waals surface area contributed by atoms with E-state index in [1.54, 1.807) is 0 Å². The fourth-order valence-electron chi connectivity index (χ4n) is 9.71. The average Bonchev–Trinajstić information content (AvgIpc) is 3.47. The number of aliphatic hydroxyl groups is 1. The van der Waals surface area contributed by atoms with E-state index in [0.29, 0.717) is 25.7 Å². The Morgan fingerprint density at radius 2 is 0.548 bits per heavy atom. The number of hydrogen-bond donors (Lipinski definition) is 3. The molecule has 0 rings (SSSR count). The summed E-state index contributed by atoms with van der Waals surface area (Å²) in [6, 6.07) is 0. The molecule has 0 saturated heterocycles. The van der Waals surface area contributed by atoms with Crippen molar-refractivity contribution in [1.82, 2.24) is 0 Å². The molecule has 0 aliphatic rings. The third-order valence-corrected chi connectivity index (χ3v) is 16.9. The van der Waals surface area contributed by atoms with E-state index in [-0.39, 0.29) is 25.7 Å². The topological polar surface area (TPSA) is 237 Å². The Labute approximate surface area is 511 Å². The van der Waals surface area contributed by atoms with E-state index in [1.165, 1.54) is 128 Å². The van der Waals surface area contributed by atoms with E-state index in [0.717, 1.165) is 115 Å². The van der Waals surface area contributed by atoms with Crippen LogP contribution < -0.4 is 0 Å². The third-order valence-electron chi connectivity index (χ3n) is 15.0. The maximum Gasteiger partial charge on any atom is 0.472 e. The van der Waals surface area contributed by atoms with Gasteiger partial charge in [-0.3, -0.25) is 37.3 Å². The molecule has 0 spiro atoms. The van der Waals surface area contributed by atoms with Crippen molar-refractivity contribution in [2.75, 3.05) is 39.6 Å². The van der Waals surface area contributed by atoms with Gasteiger partial charge in [0, 0.05) is 25.7 Å².